The fourth-order valence-electron chi connectivity index (χ4n) is 2.17. The fourth-order valence-corrected chi connectivity index (χ4v) is 2.17. The maximum Gasteiger partial charge on any atom is 0.122 e. The zero-order valence-electron chi connectivity index (χ0n) is 12.4. The number of aliphatic hydroxyl groups excluding tert-OH is 1. The van der Waals surface area contributed by atoms with Gasteiger partial charge in [0.25, 0.3) is 0 Å². The second kappa shape index (κ2) is 6.08. The lowest BCUT2D eigenvalue weighted by Gasteiger charge is -2.25. The van der Waals surface area contributed by atoms with Gasteiger partial charge in [0.05, 0.1) is 19.3 Å². The van der Waals surface area contributed by atoms with Crippen molar-refractivity contribution < 1.29 is 9.84 Å². The number of ether oxygens (including phenoxy) is 1. The maximum atomic E-state index is 10.2. The second-order valence-corrected chi connectivity index (χ2v) is 5.87. The van der Waals surface area contributed by atoms with Crippen molar-refractivity contribution in [1.29, 1.82) is 5.26 Å². The molecule has 3 nitrogen and oxygen atoms in total. The Kier molecular flexibility index (Phi) is 4.97. The van der Waals surface area contributed by atoms with Crippen LogP contribution < -0.4 is 4.74 Å². The molecule has 1 unspecified atom stereocenters. The van der Waals surface area contributed by atoms with Crippen LogP contribution in [0.1, 0.15) is 56.4 Å². The van der Waals surface area contributed by atoms with Gasteiger partial charge in [0, 0.05) is 6.42 Å². The predicted octanol–water partition coefficient (Wildman–Crippen LogP) is 3.64. The molecular weight excluding hydrogens is 238 g/mol. The average molecular weight is 261 g/mol. The van der Waals surface area contributed by atoms with Gasteiger partial charge in [-0.25, -0.2) is 0 Å². The van der Waals surface area contributed by atoms with E-state index < -0.39 is 6.10 Å². The summed E-state index contributed by atoms with van der Waals surface area (Å²) in [6, 6.07) is 6.04. The summed E-state index contributed by atoms with van der Waals surface area (Å²) in [6.45, 7) is 8.31. The molecule has 0 saturated carbocycles. The molecule has 1 aromatic rings. The van der Waals surface area contributed by atoms with Crippen molar-refractivity contribution in [3.63, 3.8) is 0 Å². The lowest BCUT2D eigenvalue weighted by Crippen LogP contribution is -2.14. The van der Waals surface area contributed by atoms with E-state index in [4.69, 9.17) is 10.00 Å². The van der Waals surface area contributed by atoms with Gasteiger partial charge in [-0.05, 0) is 47.6 Å². The predicted molar refractivity (Wildman–Crippen MR) is 76.2 cm³/mol. The van der Waals surface area contributed by atoms with Gasteiger partial charge in [-0.3, -0.25) is 0 Å². The van der Waals surface area contributed by atoms with Crippen molar-refractivity contribution in [2.45, 2.75) is 52.1 Å². The average Bonchev–Trinajstić information content (AvgIpc) is 2.33. The third-order valence-electron chi connectivity index (χ3n) is 3.28. The first-order valence-corrected chi connectivity index (χ1v) is 6.55. The van der Waals surface area contributed by atoms with Gasteiger partial charge in [-0.2, -0.15) is 5.26 Å². The zero-order valence-corrected chi connectivity index (χ0v) is 12.4. The standard InChI is InChI=1S/C16H23NO2/c1-11-9-15(19-5)13(16(2,3)4)10-12(11)14(18)7-6-8-17/h9-10,14,18H,6-7H2,1-5H3. The highest BCUT2D eigenvalue weighted by molar-refractivity contribution is 5.46. The number of benzene rings is 1. The van der Waals surface area contributed by atoms with Gasteiger partial charge < -0.3 is 9.84 Å². The first-order valence-electron chi connectivity index (χ1n) is 6.55. The molecule has 0 aliphatic heterocycles. The molecule has 0 aromatic heterocycles. The van der Waals surface area contributed by atoms with Gasteiger partial charge in [0.1, 0.15) is 5.75 Å². The molecule has 3 heteroatoms. The summed E-state index contributed by atoms with van der Waals surface area (Å²) < 4.78 is 5.43. The van der Waals surface area contributed by atoms with Crippen LogP contribution in [0.2, 0.25) is 0 Å². The van der Waals surface area contributed by atoms with Crippen LogP contribution in [0, 0.1) is 18.3 Å². The molecular formula is C16H23NO2. The summed E-state index contributed by atoms with van der Waals surface area (Å²) in [5.41, 5.74) is 2.91. The Morgan fingerprint density at radius 2 is 2.00 bits per heavy atom. The van der Waals surface area contributed by atoms with Crippen LogP contribution in [0.3, 0.4) is 0 Å². The summed E-state index contributed by atoms with van der Waals surface area (Å²) in [7, 11) is 1.66. The van der Waals surface area contributed by atoms with Crippen LogP contribution in [0.25, 0.3) is 0 Å². The molecule has 1 N–H and O–H groups in total. The molecule has 0 bridgehead atoms. The highest BCUT2D eigenvalue weighted by Gasteiger charge is 2.22. The Balaban J connectivity index is 3.24. The lowest BCUT2D eigenvalue weighted by molar-refractivity contribution is 0.168. The number of nitriles is 1. The van der Waals surface area contributed by atoms with Gasteiger partial charge in [-0.1, -0.05) is 20.8 Å². The Labute approximate surface area is 115 Å². The number of aliphatic hydroxyl groups is 1. The summed E-state index contributed by atoms with van der Waals surface area (Å²) in [6.07, 6.45) is 0.233. The van der Waals surface area contributed by atoms with E-state index in [1.54, 1.807) is 7.11 Å². The highest BCUT2D eigenvalue weighted by Crippen LogP contribution is 2.36. The number of aryl methyl sites for hydroxylation is 1. The van der Waals surface area contributed by atoms with Gasteiger partial charge in [0.2, 0.25) is 0 Å². The molecule has 1 atom stereocenters. The monoisotopic (exact) mass is 261 g/mol. The van der Waals surface area contributed by atoms with E-state index >= 15 is 0 Å². The summed E-state index contributed by atoms with van der Waals surface area (Å²) >= 11 is 0. The van der Waals surface area contributed by atoms with Crippen molar-refractivity contribution in [2.24, 2.45) is 0 Å². The second-order valence-electron chi connectivity index (χ2n) is 5.87. The van der Waals surface area contributed by atoms with E-state index in [0.29, 0.717) is 12.8 Å². The minimum absolute atomic E-state index is 0.0528. The van der Waals surface area contributed by atoms with Crippen LogP contribution in [-0.2, 0) is 5.41 Å². The maximum absolute atomic E-state index is 10.2. The van der Waals surface area contributed by atoms with E-state index in [1.807, 2.05) is 19.1 Å². The molecule has 0 radical (unpaired) electrons. The van der Waals surface area contributed by atoms with Crippen molar-refractivity contribution in [3.8, 4) is 11.8 Å². The van der Waals surface area contributed by atoms with E-state index in [0.717, 1.165) is 22.4 Å². The van der Waals surface area contributed by atoms with Crippen LogP contribution in [0.15, 0.2) is 12.1 Å². The smallest absolute Gasteiger partial charge is 0.122 e. The SMILES string of the molecule is COc1cc(C)c(C(O)CCC#N)cc1C(C)(C)C. The number of hydrogen-bond donors (Lipinski definition) is 1. The summed E-state index contributed by atoms with van der Waals surface area (Å²) in [5, 5.41) is 18.8. The van der Waals surface area contributed by atoms with Crippen molar-refractivity contribution in [2.75, 3.05) is 7.11 Å². The summed E-state index contributed by atoms with van der Waals surface area (Å²) in [4.78, 5) is 0. The molecule has 0 saturated heterocycles. The molecule has 1 aromatic carbocycles. The molecule has 0 fully saturated rings. The van der Waals surface area contributed by atoms with Gasteiger partial charge in [-0.15, -0.1) is 0 Å². The number of hydrogen-bond acceptors (Lipinski definition) is 3. The quantitative estimate of drug-likeness (QED) is 0.900. The van der Waals surface area contributed by atoms with E-state index in [2.05, 4.69) is 26.8 Å². The minimum atomic E-state index is -0.591. The third-order valence-corrected chi connectivity index (χ3v) is 3.28. The van der Waals surface area contributed by atoms with E-state index in [1.165, 1.54) is 0 Å². The van der Waals surface area contributed by atoms with E-state index in [-0.39, 0.29) is 5.41 Å². The highest BCUT2D eigenvalue weighted by atomic mass is 16.5. The van der Waals surface area contributed by atoms with Crippen LogP contribution in [0.5, 0.6) is 5.75 Å². The Bertz CT molecular complexity index is 481. The Morgan fingerprint density at radius 3 is 2.47 bits per heavy atom. The molecule has 0 spiro atoms. The Morgan fingerprint density at radius 1 is 1.37 bits per heavy atom. The molecule has 0 heterocycles. The van der Waals surface area contributed by atoms with Gasteiger partial charge >= 0.3 is 0 Å². The molecule has 104 valence electrons. The zero-order chi connectivity index (χ0) is 14.6. The molecule has 0 amide bonds. The first-order chi connectivity index (χ1) is 8.81. The summed E-state index contributed by atoms with van der Waals surface area (Å²) in [5.74, 6) is 0.848. The normalized spacial score (nSPS) is 12.9. The van der Waals surface area contributed by atoms with Crippen LogP contribution >= 0.6 is 0 Å². The number of rotatable bonds is 4. The third kappa shape index (κ3) is 3.71. The van der Waals surface area contributed by atoms with Crippen molar-refractivity contribution in [3.05, 3.63) is 28.8 Å². The Hall–Kier alpha value is -1.53. The fraction of sp³-hybridized carbons (Fsp3) is 0.562. The number of nitrogens with zero attached hydrogens (tertiary/aromatic N) is 1. The molecule has 19 heavy (non-hydrogen) atoms. The first kappa shape index (κ1) is 15.5. The van der Waals surface area contributed by atoms with Crippen LogP contribution in [0.4, 0.5) is 0 Å². The molecule has 1 rings (SSSR count). The number of methoxy groups -OCH3 is 1. The topological polar surface area (TPSA) is 53.2 Å². The minimum Gasteiger partial charge on any atom is -0.496 e. The van der Waals surface area contributed by atoms with Gasteiger partial charge in [0.15, 0.2) is 0 Å². The molecule has 0 aliphatic rings. The van der Waals surface area contributed by atoms with E-state index in [9.17, 15) is 5.11 Å². The lowest BCUT2D eigenvalue weighted by atomic mass is 9.83. The largest absolute Gasteiger partial charge is 0.496 e. The molecule has 0 aliphatic carbocycles. The van der Waals surface area contributed by atoms with Crippen molar-refractivity contribution >= 4 is 0 Å². The van der Waals surface area contributed by atoms with Crippen molar-refractivity contribution in [1.82, 2.24) is 0 Å². The van der Waals surface area contributed by atoms with Crippen LogP contribution in [-0.4, -0.2) is 12.2 Å².